The molecule has 0 amide bonds. The van der Waals surface area contributed by atoms with Gasteiger partial charge in [-0.3, -0.25) is 9.69 Å². The highest BCUT2D eigenvalue weighted by Gasteiger charge is 2.13. The summed E-state index contributed by atoms with van der Waals surface area (Å²) < 4.78 is 5.01. The van der Waals surface area contributed by atoms with Crippen molar-refractivity contribution < 1.29 is 9.53 Å². The standard InChI is InChI=1S/C16H25NO2/c1-6-17(11-16(18)19-7-2)10-15-13(4)8-12(3)9-14(15)5/h8-9H,6-7,10-11H2,1-5H3. The van der Waals surface area contributed by atoms with E-state index in [0.29, 0.717) is 13.2 Å². The quantitative estimate of drug-likeness (QED) is 0.739. The van der Waals surface area contributed by atoms with E-state index in [-0.39, 0.29) is 5.97 Å². The van der Waals surface area contributed by atoms with E-state index in [0.717, 1.165) is 13.1 Å². The number of carbonyl (C=O) groups excluding carboxylic acids is 1. The molecule has 0 aromatic heterocycles. The lowest BCUT2D eigenvalue weighted by atomic mass is 9.99. The Balaban J connectivity index is 2.78. The summed E-state index contributed by atoms with van der Waals surface area (Å²) >= 11 is 0. The van der Waals surface area contributed by atoms with Crippen LogP contribution in [0.15, 0.2) is 12.1 Å². The van der Waals surface area contributed by atoms with Crippen molar-refractivity contribution in [3.8, 4) is 0 Å². The molecule has 0 heterocycles. The Hall–Kier alpha value is -1.35. The van der Waals surface area contributed by atoms with Crippen LogP contribution in [0.25, 0.3) is 0 Å². The van der Waals surface area contributed by atoms with Crippen molar-refractivity contribution in [2.75, 3.05) is 19.7 Å². The number of benzene rings is 1. The van der Waals surface area contributed by atoms with Gasteiger partial charge in [-0.1, -0.05) is 24.6 Å². The number of carbonyl (C=O) groups is 1. The maximum absolute atomic E-state index is 11.6. The number of esters is 1. The first-order chi connectivity index (χ1) is 8.97. The monoisotopic (exact) mass is 263 g/mol. The third-order valence-electron chi connectivity index (χ3n) is 3.33. The Bertz CT molecular complexity index is 417. The van der Waals surface area contributed by atoms with Gasteiger partial charge in [-0.2, -0.15) is 0 Å². The van der Waals surface area contributed by atoms with Gasteiger partial charge in [-0.25, -0.2) is 0 Å². The van der Waals surface area contributed by atoms with Gasteiger partial charge in [0.15, 0.2) is 0 Å². The van der Waals surface area contributed by atoms with Gasteiger partial charge in [0.05, 0.1) is 13.2 Å². The first-order valence-electron chi connectivity index (χ1n) is 6.92. The molecule has 0 spiro atoms. The fraction of sp³-hybridized carbons (Fsp3) is 0.562. The molecule has 0 aliphatic carbocycles. The van der Waals surface area contributed by atoms with E-state index in [1.165, 1.54) is 22.3 Å². The average Bonchev–Trinajstić information content (AvgIpc) is 2.32. The largest absolute Gasteiger partial charge is 0.465 e. The molecule has 19 heavy (non-hydrogen) atoms. The zero-order valence-corrected chi connectivity index (χ0v) is 12.7. The summed E-state index contributed by atoms with van der Waals surface area (Å²) in [7, 11) is 0. The molecule has 3 nitrogen and oxygen atoms in total. The van der Waals surface area contributed by atoms with Crippen molar-refractivity contribution in [2.45, 2.75) is 41.2 Å². The van der Waals surface area contributed by atoms with Crippen LogP contribution in [0.1, 0.15) is 36.1 Å². The minimum Gasteiger partial charge on any atom is -0.465 e. The molecule has 0 atom stereocenters. The van der Waals surface area contributed by atoms with Crippen LogP contribution in [0.5, 0.6) is 0 Å². The Labute approximate surface area is 116 Å². The molecule has 106 valence electrons. The van der Waals surface area contributed by atoms with Crippen molar-refractivity contribution in [2.24, 2.45) is 0 Å². The van der Waals surface area contributed by atoms with E-state index in [4.69, 9.17) is 4.74 Å². The van der Waals surface area contributed by atoms with Gasteiger partial charge < -0.3 is 4.74 Å². The highest BCUT2D eigenvalue weighted by Crippen LogP contribution is 2.18. The number of nitrogens with zero attached hydrogens (tertiary/aromatic N) is 1. The third kappa shape index (κ3) is 4.67. The van der Waals surface area contributed by atoms with Crippen molar-refractivity contribution >= 4 is 5.97 Å². The summed E-state index contributed by atoms with van der Waals surface area (Å²) in [5.74, 6) is -0.147. The number of hydrogen-bond acceptors (Lipinski definition) is 3. The fourth-order valence-corrected chi connectivity index (χ4v) is 2.35. The topological polar surface area (TPSA) is 29.5 Å². The zero-order valence-electron chi connectivity index (χ0n) is 12.7. The molecule has 3 heteroatoms. The molecular formula is C16H25NO2. The maximum atomic E-state index is 11.6. The summed E-state index contributed by atoms with van der Waals surface area (Å²) in [5, 5.41) is 0. The molecule has 0 radical (unpaired) electrons. The Morgan fingerprint density at radius 1 is 1.16 bits per heavy atom. The average molecular weight is 263 g/mol. The summed E-state index contributed by atoms with van der Waals surface area (Å²) in [6.07, 6.45) is 0. The highest BCUT2D eigenvalue weighted by molar-refractivity contribution is 5.71. The SMILES string of the molecule is CCOC(=O)CN(CC)Cc1c(C)cc(C)cc1C. The minimum absolute atomic E-state index is 0.147. The minimum atomic E-state index is -0.147. The van der Waals surface area contributed by atoms with Gasteiger partial charge in [-0.05, 0) is 50.9 Å². The van der Waals surface area contributed by atoms with Crippen molar-refractivity contribution in [1.82, 2.24) is 4.90 Å². The molecule has 0 aliphatic heterocycles. The molecule has 0 N–H and O–H groups in total. The van der Waals surface area contributed by atoms with Crippen LogP contribution in [0.2, 0.25) is 0 Å². The molecule has 1 rings (SSSR count). The lowest BCUT2D eigenvalue weighted by molar-refractivity contribution is -0.144. The summed E-state index contributed by atoms with van der Waals surface area (Å²) in [6, 6.07) is 4.39. The predicted molar refractivity (Wildman–Crippen MR) is 78.2 cm³/mol. The second-order valence-corrected chi connectivity index (χ2v) is 4.99. The van der Waals surface area contributed by atoms with E-state index in [9.17, 15) is 4.79 Å². The molecule has 0 unspecified atom stereocenters. The second-order valence-electron chi connectivity index (χ2n) is 4.99. The summed E-state index contributed by atoms with van der Waals surface area (Å²) in [4.78, 5) is 13.7. The normalized spacial score (nSPS) is 10.8. The molecule has 0 aliphatic rings. The number of aryl methyl sites for hydroxylation is 3. The third-order valence-corrected chi connectivity index (χ3v) is 3.33. The second kappa shape index (κ2) is 7.29. The van der Waals surface area contributed by atoms with Crippen LogP contribution >= 0.6 is 0 Å². The first kappa shape index (κ1) is 15.7. The fourth-order valence-electron chi connectivity index (χ4n) is 2.35. The zero-order chi connectivity index (χ0) is 14.4. The van der Waals surface area contributed by atoms with Crippen LogP contribution in [-0.4, -0.2) is 30.6 Å². The smallest absolute Gasteiger partial charge is 0.320 e. The lowest BCUT2D eigenvalue weighted by Crippen LogP contribution is -2.31. The Morgan fingerprint density at radius 3 is 2.21 bits per heavy atom. The number of rotatable bonds is 6. The molecule has 0 saturated carbocycles. The predicted octanol–water partition coefficient (Wildman–Crippen LogP) is 3.00. The van der Waals surface area contributed by atoms with Crippen molar-refractivity contribution in [3.63, 3.8) is 0 Å². The van der Waals surface area contributed by atoms with Crippen LogP contribution in [0.3, 0.4) is 0 Å². The number of hydrogen-bond donors (Lipinski definition) is 0. The molecule has 0 bridgehead atoms. The summed E-state index contributed by atoms with van der Waals surface area (Å²) in [6.45, 7) is 12.7. The van der Waals surface area contributed by atoms with Gasteiger partial charge in [0, 0.05) is 6.54 Å². The van der Waals surface area contributed by atoms with E-state index in [1.807, 2.05) is 6.92 Å². The van der Waals surface area contributed by atoms with E-state index in [2.05, 4.69) is 44.7 Å². The molecular weight excluding hydrogens is 238 g/mol. The number of likely N-dealkylation sites (N-methyl/N-ethyl adjacent to an activating group) is 1. The molecule has 0 saturated heterocycles. The van der Waals surface area contributed by atoms with Crippen molar-refractivity contribution in [1.29, 1.82) is 0 Å². The van der Waals surface area contributed by atoms with Gasteiger partial charge in [0.25, 0.3) is 0 Å². The molecule has 1 aromatic rings. The van der Waals surface area contributed by atoms with Crippen LogP contribution < -0.4 is 0 Å². The van der Waals surface area contributed by atoms with Gasteiger partial charge in [0.1, 0.15) is 0 Å². The van der Waals surface area contributed by atoms with Gasteiger partial charge >= 0.3 is 5.97 Å². The van der Waals surface area contributed by atoms with Crippen molar-refractivity contribution in [3.05, 3.63) is 34.4 Å². The van der Waals surface area contributed by atoms with E-state index >= 15 is 0 Å². The maximum Gasteiger partial charge on any atom is 0.320 e. The van der Waals surface area contributed by atoms with Gasteiger partial charge in [-0.15, -0.1) is 0 Å². The van der Waals surface area contributed by atoms with Crippen LogP contribution in [0.4, 0.5) is 0 Å². The first-order valence-corrected chi connectivity index (χ1v) is 6.92. The van der Waals surface area contributed by atoms with Gasteiger partial charge in [0.2, 0.25) is 0 Å². The lowest BCUT2D eigenvalue weighted by Gasteiger charge is -2.22. The summed E-state index contributed by atoms with van der Waals surface area (Å²) in [5.41, 5.74) is 5.18. The highest BCUT2D eigenvalue weighted by atomic mass is 16.5. The number of ether oxygens (including phenoxy) is 1. The van der Waals surface area contributed by atoms with Crippen LogP contribution in [0, 0.1) is 20.8 Å². The Kier molecular flexibility index (Phi) is 6.03. The van der Waals surface area contributed by atoms with E-state index in [1.54, 1.807) is 0 Å². The van der Waals surface area contributed by atoms with E-state index < -0.39 is 0 Å². The van der Waals surface area contributed by atoms with Crippen LogP contribution in [-0.2, 0) is 16.1 Å². The Morgan fingerprint density at radius 2 is 1.74 bits per heavy atom. The molecule has 0 fully saturated rings. The molecule has 1 aromatic carbocycles.